The normalized spacial score (nSPS) is 11.3. The van der Waals surface area contributed by atoms with Crippen LogP contribution in [0.4, 0.5) is 9.59 Å². The minimum absolute atomic E-state index is 0.172. The molecule has 0 aliphatic rings. The summed E-state index contributed by atoms with van der Waals surface area (Å²) in [5, 5.41) is 21.0. The zero-order chi connectivity index (χ0) is 29.5. The van der Waals surface area contributed by atoms with E-state index < -0.39 is 23.4 Å². The highest BCUT2D eigenvalue weighted by Crippen LogP contribution is 2.16. The van der Waals surface area contributed by atoms with Crippen molar-refractivity contribution in [3.05, 3.63) is 29.3 Å². The fraction of sp³-hybridized carbons (Fsp3) is 0.643. The highest BCUT2D eigenvalue weighted by Gasteiger charge is 2.16. The molecule has 0 radical (unpaired) electrons. The van der Waals surface area contributed by atoms with Gasteiger partial charge in [-0.1, -0.05) is 0 Å². The molecule has 0 heterocycles. The number of benzene rings is 1. The second-order valence-electron chi connectivity index (χ2n) is 11.3. The standard InChI is InChI=1S/C28H46N4O7/c1-27(2,3)38-25(36)31-15-11-7-9-13-29-23(34)20-17-21(19-22(33)18-20)24(35)30-14-10-8-12-16-32-26(37)39-28(4,5)6/h17-19,33H,7-16H2,1-6H3,(H,29,34)(H,30,35)(H,31,36)(H,32,37). The number of carbonyl (C=O) groups excluding carboxylic acids is 4. The van der Waals surface area contributed by atoms with Crippen LogP contribution in [0.15, 0.2) is 18.2 Å². The van der Waals surface area contributed by atoms with Crippen LogP contribution in [0.5, 0.6) is 5.75 Å². The molecule has 0 saturated carbocycles. The molecule has 1 aromatic rings. The zero-order valence-corrected chi connectivity index (χ0v) is 24.2. The highest BCUT2D eigenvalue weighted by atomic mass is 16.6. The Morgan fingerprint density at radius 1 is 0.590 bits per heavy atom. The van der Waals surface area contributed by atoms with Gasteiger partial charge in [0, 0.05) is 37.3 Å². The van der Waals surface area contributed by atoms with Gasteiger partial charge in [0.1, 0.15) is 17.0 Å². The molecule has 0 spiro atoms. The van der Waals surface area contributed by atoms with Gasteiger partial charge in [-0.3, -0.25) is 9.59 Å². The minimum Gasteiger partial charge on any atom is -0.508 e. The van der Waals surface area contributed by atoms with Gasteiger partial charge in [-0.05, 0) is 98.3 Å². The molecule has 0 atom stereocenters. The maximum Gasteiger partial charge on any atom is 0.407 e. The summed E-state index contributed by atoms with van der Waals surface area (Å²) in [6, 6.07) is 4.07. The van der Waals surface area contributed by atoms with E-state index in [2.05, 4.69) is 21.3 Å². The van der Waals surface area contributed by atoms with Crippen LogP contribution in [0.2, 0.25) is 0 Å². The fourth-order valence-corrected chi connectivity index (χ4v) is 3.34. The summed E-state index contributed by atoms with van der Waals surface area (Å²) in [5.74, 6) is -0.942. The van der Waals surface area contributed by atoms with Crippen LogP contribution < -0.4 is 21.3 Å². The van der Waals surface area contributed by atoms with Gasteiger partial charge in [0.15, 0.2) is 0 Å². The molecule has 4 amide bonds. The lowest BCUT2D eigenvalue weighted by Crippen LogP contribution is -2.33. The van der Waals surface area contributed by atoms with E-state index in [1.807, 2.05) is 0 Å². The van der Waals surface area contributed by atoms with E-state index in [0.29, 0.717) is 39.0 Å². The van der Waals surface area contributed by atoms with Gasteiger partial charge in [-0.25, -0.2) is 9.59 Å². The van der Waals surface area contributed by atoms with Gasteiger partial charge in [-0.2, -0.15) is 0 Å². The van der Waals surface area contributed by atoms with Gasteiger partial charge in [0.05, 0.1) is 0 Å². The number of amides is 4. The quantitative estimate of drug-likeness (QED) is 0.217. The molecule has 1 rings (SSSR count). The molecule has 39 heavy (non-hydrogen) atoms. The van der Waals surface area contributed by atoms with E-state index in [0.717, 1.165) is 25.7 Å². The van der Waals surface area contributed by atoms with Crippen molar-refractivity contribution < 1.29 is 33.8 Å². The van der Waals surface area contributed by atoms with Crippen LogP contribution >= 0.6 is 0 Å². The molecule has 0 unspecified atom stereocenters. The fourth-order valence-electron chi connectivity index (χ4n) is 3.34. The van der Waals surface area contributed by atoms with Crippen LogP contribution in [-0.2, 0) is 9.47 Å². The number of hydrogen-bond donors (Lipinski definition) is 5. The third kappa shape index (κ3) is 16.9. The first-order valence-corrected chi connectivity index (χ1v) is 13.5. The third-order valence-electron chi connectivity index (χ3n) is 5.06. The molecule has 0 saturated heterocycles. The van der Waals surface area contributed by atoms with E-state index in [4.69, 9.17) is 9.47 Å². The van der Waals surface area contributed by atoms with Crippen molar-refractivity contribution in [3.8, 4) is 5.75 Å². The lowest BCUT2D eigenvalue weighted by atomic mass is 10.1. The van der Waals surface area contributed by atoms with E-state index in [-0.39, 0.29) is 28.7 Å². The van der Waals surface area contributed by atoms with Gasteiger partial charge >= 0.3 is 12.2 Å². The second-order valence-corrected chi connectivity index (χ2v) is 11.3. The van der Waals surface area contributed by atoms with E-state index >= 15 is 0 Å². The summed E-state index contributed by atoms with van der Waals surface area (Å²) in [6.45, 7) is 12.6. The largest absolute Gasteiger partial charge is 0.508 e. The molecule has 0 bridgehead atoms. The van der Waals surface area contributed by atoms with Gasteiger partial charge in [-0.15, -0.1) is 0 Å². The molecule has 5 N–H and O–H groups in total. The van der Waals surface area contributed by atoms with Crippen LogP contribution in [0.3, 0.4) is 0 Å². The molecular formula is C28H46N4O7. The first-order chi connectivity index (χ1) is 18.2. The first-order valence-electron chi connectivity index (χ1n) is 13.5. The monoisotopic (exact) mass is 550 g/mol. The minimum atomic E-state index is -0.537. The smallest absolute Gasteiger partial charge is 0.407 e. The zero-order valence-electron chi connectivity index (χ0n) is 24.2. The number of carbonyl (C=O) groups is 4. The summed E-state index contributed by atoms with van der Waals surface area (Å²) in [7, 11) is 0. The molecule has 0 aliphatic heterocycles. The highest BCUT2D eigenvalue weighted by molar-refractivity contribution is 6.00. The Hall–Kier alpha value is -3.50. The number of nitrogens with one attached hydrogen (secondary N) is 4. The maximum absolute atomic E-state index is 12.5. The number of rotatable bonds is 14. The molecule has 1 aromatic carbocycles. The van der Waals surface area contributed by atoms with Gasteiger partial charge in [0.25, 0.3) is 11.8 Å². The molecule has 11 nitrogen and oxygen atoms in total. The van der Waals surface area contributed by atoms with E-state index in [1.165, 1.54) is 18.2 Å². The van der Waals surface area contributed by atoms with E-state index in [9.17, 15) is 24.3 Å². The maximum atomic E-state index is 12.5. The first kappa shape index (κ1) is 33.5. The van der Waals surface area contributed by atoms with Crippen molar-refractivity contribution in [1.29, 1.82) is 0 Å². The van der Waals surface area contributed by atoms with Crippen LogP contribution in [0.1, 0.15) is 101 Å². The van der Waals surface area contributed by atoms with Crippen LogP contribution in [0.25, 0.3) is 0 Å². The van der Waals surface area contributed by atoms with Crippen molar-refractivity contribution in [2.45, 2.75) is 91.3 Å². The van der Waals surface area contributed by atoms with Crippen molar-refractivity contribution in [3.63, 3.8) is 0 Å². The summed E-state index contributed by atoms with van der Waals surface area (Å²) >= 11 is 0. The van der Waals surface area contributed by atoms with Crippen LogP contribution in [0, 0.1) is 0 Å². The van der Waals surface area contributed by atoms with E-state index in [1.54, 1.807) is 41.5 Å². The Balaban J connectivity index is 2.29. The van der Waals surface area contributed by atoms with Gasteiger partial charge < -0.3 is 35.8 Å². The number of aromatic hydroxyl groups is 1. The lowest BCUT2D eigenvalue weighted by molar-refractivity contribution is 0.0515. The average Bonchev–Trinajstić information content (AvgIpc) is 2.79. The summed E-state index contributed by atoms with van der Waals surface area (Å²) in [6.07, 6.45) is 3.58. The Morgan fingerprint density at radius 2 is 0.923 bits per heavy atom. The summed E-state index contributed by atoms with van der Waals surface area (Å²) in [5.41, 5.74) is -0.686. The Morgan fingerprint density at radius 3 is 1.26 bits per heavy atom. The number of unbranched alkanes of at least 4 members (excludes halogenated alkanes) is 4. The number of phenolic OH excluding ortho intramolecular Hbond substituents is 1. The topological polar surface area (TPSA) is 155 Å². The molecule has 0 aliphatic carbocycles. The number of phenols is 1. The molecule has 220 valence electrons. The molecule has 0 fully saturated rings. The molecule has 11 heteroatoms. The summed E-state index contributed by atoms with van der Waals surface area (Å²) in [4.78, 5) is 48.2. The predicted octanol–water partition coefficient (Wildman–Crippen LogP) is 4.24. The average molecular weight is 551 g/mol. The number of hydrogen-bond acceptors (Lipinski definition) is 7. The lowest BCUT2D eigenvalue weighted by Gasteiger charge is -2.19. The third-order valence-corrected chi connectivity index (χ3v) is 5.06. The number of alkyl carbamates (subject to hydrolysis) is 2. The van der Waals surface area contributed by atoms with Crippen molar-refractivity contribution in [2.24, 2.45) is 0 Å². The Bertz CT molecular complexity index is 880. The van der Waals surface area contributed by atoms with Crippen molar-refractivity contribution in [1.82, 2.24) is 21.3 Å². The molecular weight excluding hydrogens is 504 g/mol. The second kappa shape index (κ2) is 16.5. The van der Waals surface area contributed by atoms with Crippen LogP contribution in [-0.4, -0.2) is 66.5 Å². The predicted molar refractivity (Wildman–Crippen MR) is 149 cm³/mol. The van der Waals surface area contributed by atoms with Crippen molar-refractivity contribution in [2.75, 3.05) is 26.2 Å². The summed E-state index contributed by atoms with van der Waals surface area (Å²) < 4.78 is 10.3. The Kier molecular flexibility index (Phi) is 14.2. The molecule has 0 aromatic heterocycles. The van der Waals surface area contributed by atoms with Crippen molar-refractivity contribution >= 4 is 24.0 Å². The van der Waals surface area contributed by atoms with Gasteiger partial charge in [0.2, 0.25) is 0 Å². The Labute approximate surface area is 231 Å². The SMILES string of the molecule is CC(C)(C)OC(=O)NCCCCCNC(=O)c1cc(O)cc(C(=O)NCCCCCNC(=O)OC(C)(C)C)c1. The number of ether oxygens (including phenoxy) is 2.